The summed E-state index contributed by atoms with van der Waals surface area (Å²) in [5, 5.41) is 2.83. The third-order valence-electron chi connectivity index (χ3n) is 4.15. The fourth-order valence-corrected chi connectivity index (χ4v) is 2.84. The van der Waals surface area contributed by atoms with Gasteiger partial charge in [0.15, 0.2) is 0 Å². The number of carbonyl (C=O) groups excluding carboxylic acids is 1. The van der Waals surface area contributed by atoms with Crippen LogP contribution in [0.3, 0.4) is 0 Å². The molecule has 1 saturated heterocycles. The number of benzene rings is 2. The molecule has 28 heavy (non-hydrogen) atoms. The van der Waals surface area contributed by atoms with E-state index in [2.05, 4.69) is 5.32 Å². The Morgan fingerprint density at radius 2 is 1.93 bits per heavy atom. The number of halogens is 1. The minimum atomic E-state index is -0.587. The largest absolute Gasteiger partial charge is 0.489 e. The first-order valence-electron chi connectivity index (χ1n) is 9.36. The molecule has 1 aliphatic heterocycles. The van der Waals surface area contributed by atoms with E-state index in [0.29, 0.717) is 25.4 Å². The molecule has 0 spiro atoms. The molecular weight excluding hydrogens is 361 g/mol. The van der Waals surface area contributed by atoms with Gasteiger partial charge in [-0.2, -0.15) is 0 Å². The lowest BCUT2D eigenvalue weighted by atomic mass is 10.0. The van der Waals surface area contributed by atoms with Gasteiger partial charge in [0.2, 0.25) is 0 Å². The SMILES string of the molecule is CC(C)(C)OC(=O)NC(Cc1cc(F)cc(OCc2ccccc2)c1)[C@H]1CO1. The molecule has 3 rings (SSSR count). The monoisotopic (exact) mass is 387 g/mol. The standard InChI is InChI=1S/C22H26FNO4/c1-22(2,3)28-21(25)24-19(20-14-27-20)11-16-9-17(23)12-18(10-16)26-13-15-7-5-4-6-8-15/h4-10,12,19-20H,11,13-14H2,1-3H3,(H,24,25)/t19?,20-/m1/s1. The summed E-state index contributed by atoms with van der Waals surface area (Å²) in [7, 11) is 0. The Labute approximate surface area is 164 Å². The molecule has 150 valence electrons. The van der Waals surface area contributed by atoms with E-state index in [0.717, 1.165) is 11.1 Å². The predicted molar refractivity (Wildman–Crippen MR) is 104 cm³/mol. The fourth-order valence-electron chi connectivity index (χ4n) is 2.84. The molecule has 1 N–H and O–H groups in total. The van der Waals surface area contributed by atoms with Crippen LogP contribution in [-0.2, 0) is 22.5 Å². The van der Waals surface area contributed by atoms with E-state index in [4.69, 9.17) is 14.2 Å². The van der Waals surface area contributed by atoms with Crippen molar-refractivity contribution in [2.24, 2.45) is 0 Å². The van der Waals surface area contributed by atoms with Crippen molar-refractivity contribution < 1.29 is 23.4 Å². The van der Waals surface area contributed by atoms with Gasteiger partial charge in [-0.25, -0.2) is 9.18 Å². The van der Waals surface area contributed by atoms with Crippen LogP contribution in [0.15, 0.2) is 48.5 Å². The lowest BCUT2D eigenvalue weighted by Gasteiger charge is -2.23. The van der Waals surface area contributed by atoms with Crippen molar-refractivity contribution in [3.05, 3.63) is 65.5 Å². The second-order valence-electron chi connectivity index (χ2n) is 7.90. The van der Waals surface area contributed by atoms with Crippen molar-refractivity contribution in [2.45, 2.75) is 51.5 Å². The first-order chi connectivity index (χ1) is 13.3. The van der Waals surface area contributed by atoms with Gasteiger partial charge in [-0.3, -0.25) is 0 Å². The van der Waals surface area contributed by atoms with Gasteiger partial charge in [0.25, 0.3) is 0 Å². The summed E-state index contributed by atoms with van der Waals surface area (Å²) in [6.45, 7) is 6.33. The highest BCUT2D eigenvalue weighted by molar-refractivity contribution is 5.68. The maximum atomic E-state index is 14.1. The van der Waals surface area contributed by atoms with Crippen LogP contribution in [0.1, 0.15) is 31.9 Å². The zero-order valence-electron chi connectivity index (χ0n) is 16.4. The van der Waals surface area contributed by atoms with Crippen molar-refractivity contribution in [2.75, 3.05) is 6.61 Å². The highest BCUT2D eigenvalue weighted by Gasteiger charge is 2.35. The zero-order valence-corrected chi connectivity index (χ0v) is 16.4. The number of alkyl carbamates (subject to hydrolysis) is 1. The van der Waals surface area contributed by atoms with Crippen LogP contribution in [0, 0.1) is 5.82 Å². The summed E-state index contributed by atoms with van der Waals surface area (Å²) >= 11 is 0. The number of nitrogens with one attached hydrogen (secondary N) is 1. The summed E-state index contributed by atoms with van der Waals surface area (Å²) < 4.78 is 30.5. The molecule has 6 heteroatoms. The van der Waals surface area contributed by atoms with Crippen molar-refractivity contribution >= 4 is 6.09 Å². The number of ether oxygens (including phenoxy) is 3. The molecule has 1 fully saturated rings. The van der Waals surface area contributed by atoms with E-state index in [9.17, 15) is 9.18 Å². The van der Waals surface area contributed by atoms with Crippen molar-refractivity contribution in [3.8, 4) is 5.75 Å². The molecule has 2 aromatic carbocycles. The van der Waals surface area contributed by atoms with Gasteiger partial charge in [-0.15, -0.1) is 0 Å². The molecule has 1 amide bonds. The Bertz CT molecular complexity index is 800. The number of amides is 1. The van der Waals surface area contributed by atoms with E-state index in [-0.39, 0.29) is 18.0 Å². The number of rotatable bonds is 7. The average Bonchev–Trinajstić information content (AvgIpc) is 3.43. The van der Waals surface area contributed by atoms with E-state index < -0.39 is 11.7 Å². The van der Waals surface area contributed by atoms with Crippen LogP contribution in [0.5, 0.6) is 5.75 Å². The molecule has 2 atom stereocenters. The first-order valence-corrected chi connectivity index (χ1v) is 9.36. The Morgan fingerprint density at radius 1 is 1.21 bits per heavy atom. The fraction of sp³-hybridized carbons (Fsp3) is 0.409. The van der Waals surface area contributed by atoms with Crippen LogP contribution in [0.2, 0.25) is 0 Å². The van der Waals surface area contributed by atoms with Gasteiger partial charge < -0.3 is 19.5 Å². The second kappa shape index (κ2) is 8.61. The van der Waals surface area contributed by atoms with Crippen molar-refractivity contribution in [1.29, 1.82) is 0 Å². The van der Waals surface area contributed by atoms with E-state index in [1.807, 2.05) is 30.3 Å². The van der Waals surface area contributed by atoms with Gasteiger partial charge in [0.05, 0.1) is 12.6 Å². The third kappa shape index (κ3) is 6.53. The summed E-state index contributed by atoms with van der Waals surface area (Å²) in [4.78, 5) is 12.1. The molecule has 0 bridgehead atoms. The van der Waals surface area contributed by atoms with Crippen LogP contribution in [-0.4, -0.2) is 30.4 Å². The zero-order chi connectivity index (χ0) is 20.1. The van der Waals surface area contributed by atoms with E-state index in [1.165, 1.54) is 12.1 Å². The summed E-state index contributed by atoms with van der Waals surface area (Å²) in [6, 6.07) is 14.0. The molecule has 1 aliphatic rings. The van der Waals surface area contributed by atoms with Crippen LogP contribution < -0.4 is 10.1 Å². The molecule has 1 heterocycles. The lowest BCUT2D eigenvalue weighted by Crippen LogP contribution is -2.43. The Morgan fingerprint density at radius 3 is 2.57 bits per heavy atom. The summed E-state index contributed by atoms with van der Waals surface area (Å²) in [5.74, 6) is 0.0693. The van der Waals surface area contributed by atoms with Gasteiger partial charge >= 0.3 is 6.09 Å². The normalized spacial score (nSPS) is 16.9. The molecule has 2 aromatic rings. The van der Waals surface area contributed by atoms with Crippen molar-refractivity contribution in [1.82, 2.24) is 5.32 Å². The topological polar surface area (TPSA) is 60.1 Å². The summed E-state index contributed by atoms with van der Waals surface area (Å²) in [6.07, 6.45) is -0.182. The van der Waals surface area contributed by atoms with Gasteiger partial charge in [0.1, 0.15) is 29.9 Å². The molecule has 5 nitrogen and oxygen atoms in total. The summed E-state index contributed by atoms with van der Waals surface area (Å²) in [5.41, 5.74) is 1.14. The predicted octanol–water partition coefficient (Wildman–Crippen LogP) is 4.24. The number of hydrogen-bond acceptors (Lipinski definition) is 4. The Kier molecular flexibility index (Phi) is 6.19. The Hall–Kier alpha value is -2.60. The lowest BCUT2D eigenvalue weighted by molar-refractivity contribution is 0.0495. The number of carbonyl (C=O) groups is 1. The number of hydrogen-bond donors (Lipinski definition) is 1. The second-order valence-corrected chi connectivity index (χ2v) is 7.90. The molecule has 1 unspecified atom stereocenters. The van der Waals surface area contributed by atoms with E-state index >= 15 is 0 Å². The van der Waals surface area contributed by atoms with E-state index in [1.54, 1.807) is 26.8 Å². The van der Waals surface area contributed by atoms with Gasteiger partial charge in [0, 0.05) is 6.07 Å². The molecule has 0 aliphatic carbocycles. The minimum Gasteiger partial charge on any atom is -0.489 e. The smallest absolute Gasteiger partial charge is 0.407 e. The maximum absolute atomic E-state index is 14.1. The quantitative estimate of drug-likeness (QED) is 0.722. The number of epoxide rings is 1. The third-order valence-corrected chi connectivity index (χ3v) is 4.15. The van der Waals surface area contributed by atoms with Crippen LogP contribution in [0.25, 0.3) is 0 Å². The average molecular weight is 387 g/mol. The minimum absolute atomic E-state index is 0.0931. The first kappa shape index (κ1) is 20.1. The molecular formula is C22H26FNO4. The van der Waals surface area contributed by atoms with Gasteiger partial charge in [-0.1, -0.05) is 30.3 Å². The molecule has 0 radical (unpaired) electrons. The highest BCUT2D eigenvalue weighted by atomic mass is 19.1. The molecule has 0 aromatic heterocycles. The van der Waals surface area contributed by atoms with Crippen LogP contribution in [0.4, 0.5) is 9.18 Å². The van der Waals surface area contributed by atoms with Crippen LogP contribution >= 0.6 is 0 Å². The molecule has 0 saturated carbocycles. The Balaban J connectivity index is 1.64. The highest BCUT2D eigenvalue weighted by Crippen LogP contribution is 2.23. The maximum Gasteiger partial charge on any atom is 0.407 e. The van der Waals surface area contributed by atoms with Crippen molar-refractivity contribution in [3.63, 3.8) is 0 Å². The van der Waals surface area contributed by atoms with Gasteiger partial charge in [-0.05, 0) is 50.5 Å².